The van der Waals surface area contributed by atoms with Crippen LogP contribution in [-0.4, -0.2) is 29.7 Å². The van der Waals surface area contributed by atoms with Crippen LogP contribution in [-0.2, 0) is 16.7 Å². The average molecular weight is 453 g/mol. The summed E-state index contributed by atoms with van der Waals surface area (Å²) in [6.45, 7) is 13.6. The first kappa shape index (κ1) is 24.2. The summed E-state index contributed by atoms with van der Waals surface area (Å²) in [4.78, 5) is 13.4. The molecule has 8 heteroatoms. The van der Waals surface area contributed by atoms with E-state index in [1.165, 1.54) is 17.8 Å². The largest absolute Gasteiger partial charge is 0.361 e. The molecule has 30 heavy (non-hydrogen) atoms. The molecule has 0 saturated carbocycles. The lowest BCUT2D eigenvalue weighted by atomic mass is 9.92. The zero-order valence-electron chi connectivity index (χ0n) is 18.5. The smallest absolute Gasteiger partial charge is 0.310 e. The van der Waals surface area contributed by atoms with Crippen LogP contribution < -0.4 is 4.18 Å². The Morgan fingerprint density at radius 3 is 2.37 bits per heavy atom. The summed E-state index contributed by atoms with van der Waals surface area (Å²) in [5, 5.41) is 4.78. The number of rotatable bonds is 8. The van der Waals surface area contributed by atoms with Crippen molar-refractivity contribution >= 4 is 33.1 Å². The number of benzene rings is 1. The highest BCUT2D eigenvalue weighted by atomic mass is 35.5. The van der Waals surface area contributed by atoms with Crippen LogP contribution in [0.25, 0.3) is 5.57 Å². The summed E-state index contributed by atoms with van der Waals surface area (Å²) >= 11 is 6.42. The first-order chi connectivity index (χ1) is 13.9. The topological polar surface area (TPSA) is 78.3 Å². The van der Waals surface area contributed by atoms with Crippen molar-refractivity contribution in [3.8, 4) is 5.88 Å². The van der Waals surface area contributed by atoms with Gasteiger partial charge in [0.2, 0.25) is 5.88 Å². The van der Waals surface area contributed by atoms with Crippen LogP contribution in [0.2, 0.25) is 5.02 Å². The molecule has 0 saturated heterocycles. The molecule has 6 nitrogen and oxygen atoms in total. The SMILES string of the molecule is CCS(=O)(=O)Oc1c(C(=O)c2ccc(Cl)c(C(C)=C(C)C)c2C)cnn1CC(C)C. The summed E-state index contributed by atoms with van der Waals surface area (Å²) in [6, 6.07) is 3.34. The van der Waals surface area contributed by atoms with E-state index >= 15 is 0 Å². The minimum atomic E-state index is -3.83. The van der Waals surface area contributed by atoms with Gasteiger partial charge in [0.1, 0.15) is 5.56 Å². The van der Waals surface area contributed by atoms with Crippen molar-refractivity contribution in [3.63, 3.8) is 0 Å². The summed E-state index contributed by atoms with van der Waals surface area (Å²) in [5.74, 6) is -0.436. The second-order valence-corrected chi connectivity index (χ2v) is 10.2. The van der Waals surface area contributed by atoms with Gasteiger partial charge in [-0.3, -0.25) is 4.79 Å². The van der Waals surface area contributed by atoms with E-state index in [0.29, 0.717) is 17.1 Å². The Morgan fingerprint density at radius 2 is 1.83 bits per heavy atom. The molecule has 0 spiro atoms. The van der Waals surface area contributed by atoms with Gasteiger partial charge in [-0.15, -0.1) is 0 Å². The molecule has 0 aliphatic carbocycles. The van der Waals surface area contributed by atoms with E-state index in [2.05, 4.69) is 5.10 Å². The van der Waals surface area contributed by atoms with Gasteiger partial charge < -0.3 is 4.18 Å². The number of hydrogen-bond donors (Lipinski definition) is 0. The van der Waals surface area contributed by atoms with Crippen molar-refractivity contribution < 1.29 is 17.4 Å². The first-order valence-corrected chi connectivity index (χ1v) is 11.8. The number of hydrogen-bond acceptors (Lipinski definition) is 5. The summed E-state index contributed by atoms with van der Waals surface area (Å²) < 4.78 is 31.0. The number of carbonyl (C=O) groups is 1. The van der Waals surface area contributed by atoms with E-state index in [1.807, 2.05) is 41.5 Å². The Morgan fingerprint density at radius 1 is 1.20 bits per heavy atom. The standard InChI is InChI=1S/C22H29ClN2O4S/c1-8-30(27,28)29-22-18(11-24-25(22)12-13(2)3)21(26)17-9-10-19(23)20(16(17)7)15(6)14(4)5/h9-11,13H,8,12H2,1-7H3. The van der Waals surface area contributed by atoms with Gasteiger partial charge >= 0.3 is 10.1 Å². The van der Waals surface area contributed by atoms with E-state index < -0.39 is 10.1 Å². The maximum Gasteiger partial charge on any atom is 0.310 e. The van der Waals surface area contributed by atoms with E-state index in [0.717, 1.165) is 22.3 Å². The fraction of sp³-hybridized carbons (Fsp3) is 0.455. The minimum Gasteiger partial charge on any atom is -0.361 e. The summed E-state index contributed by atoms with van der Waals surface area (Å²) in [6.07, 6.45) is 1.37. The minimum absolute atomic E-state index is 0.0506. The fourth-order valence-electron chi connectivity index (χ4n) is 3.05. The van der Waals surface area contributed by atoms with Gasteiger partial charge in [0.25, 0.3) is 0 Å². The van der Waals surface area contributed by atoms with Gasteiger partial charge in [0.15, 0.2) is 5.78 Å². The van der Waals surface area contributed by atoms with Crippen molar-refractivity contribution in [2.24, 2.45) is 5.92 Å². The van der Waals surface area contributed by atoms with Gasteiger partial charge in [-0.1, -0.05) is 31.0 Å². The summed E-state index contributed by atoms with van der Waals surface area (Å²) in [7, 11) is -3.83. The first-order valence-electron chi connectivity index (χ1n) is 9.85. The molecule has 1 aromatic heterocycles. The fourth-order valence-corrected chi connectivity index (χ4v) is 3.93. The highest BCUT2D eigenvalue weighted by Crippen LogP contribution is 2.33. The lowest BCUT2D eigenvalue weighted by Crippen LogP contribution is -2.18. The van der Waals surface area contributed by atoms with Crippen LogP contribution >= 0.6 is 11.6 Å². The summed E-state index contributed by atoms with van der Waals surface area (Å²) in [5.41, 5.74) is 4.16. The number of aromatic nitrogens is 2. The molecule has 1 heterocycles. The van der Waals surface area contributed by atoms with Gasteiger partial charge in [0, 0.05) is 17.1 Å². The van der Waals surface area contributed by atoms with Crippen molar-refractivity contribution in [2.45, 2.75) is 55.0 Å². The molecule has 0 radical (unpaired) electrons. The lowest BCUT2D eigenvalue weighted by Gasteiger charge is -2.15. The zero-order chi connectivity index (χ0) is 22.8. The molecule has 0 aliphatic heterocycles. The molecule has 0 amide bonds. The van der Waals surface area contributed by atoms with E-state index in [1.54, 1.807) is 12.1 Å². The highest BCUT2D eigenvalue weighted by molar-refractivity contribution is 7.87. The molecule has 1 aromatic carbocycles. The molecular weight excluding hydrogens is 424 g/mol. The van der Waals surface area contributed by atoms with Gasteiger partial charge in [-0.05, 0) is 69.4 Å². The van der Waals surface area contributed by atoms with Gasteiger partial charge in [-0.25, -0.2) is 4.68 Å². The third-order valence-corrected chi connectivity index (χ3v) is 6.35. The Balaban J connectivity index is 2.66. The average Bonchev–Trinajstić information content (AvgIpc) is 3.02. The maximum absolute atomic E-state index is 13.4. The second-order valence-electron chi connectivity index (χ2n) is 7.92. The number of allylic oxidation sites excluding steroid dienone is 2. The molecule has 0 bridgehead atoms. The van der Waals surface area contributed by atoms with Crippen LogP contribution in [0.1, 0.15) is 68.6 Å². The Kier molecular flexibility index (Phi) is 7.53. The molecule has 0 aliphatic rings. The molecule has 164 valence electrons. The van der Waals surface area contributed by atoms with Crippen LogP contribution in [0.3, 0.4) is 0 Å². The molecule has 0 atom stereocenters. The normalized spacial score (nSPS) is 11.6. The van der Waals surface area contributed by atoms with Crippen LogP contribution in [0.4, 0.5) is 0 Å². The van der Waals surface area contributed by atoms with Crippen LogP contribution in [0.15, 0.2) is 23.9 Å². The zero-order valence-corrected chi connectivity index (χ0v) is 20.1. The van der Waals surface area contributed by atoms with Gasteiger partial charge in [-0.2, -0.15) is 13.5 Å². The predicted octanol–water partition coefficient (Wildman–Crippen LogP) is 5.27. The molecule has 0 fully saturated rings. The van der Waals surface area contributed by atoms with Crippen LogP contribution in [0, 0.1) is 12.8 Å². The predicted molar refractivity (Wildman–Crippen MR) is 121 cm³/mol. The Labute approximate surface area is 184 Å². The third kappa shape index (κ3) is 5.13. The number of ketones is 1. The highest BCUT2D eigenvalue weighted by Gasteiger charge is 2.26. The molecule has 2 rings (SSSR count). The van der Waals surface area contributed by atoms with E-state index in [-0.39, 0.29) is 28.9 Å². The van der Waals surface area contributed by atoms with Crippen molar-refractivity contribution in [1.82, 2.24) is 9.78 Å². The molecule has 0 N–H and O–H groups in total. The maximum atomic E-state index is 13.4. The van der Waals surface area contributed by atoms with E-state index in [4.69, 9.17) is 15.8 Å². The number of nitrogens with zero attached hydrogens (tertiary/aromatic N) is 2. The van der Waals surface area contributed by atoms with Crippen molar-refractivity contribution in [2.75, 3.05) is 5.75 Å². The Hall–Kier alpha value is -2.12. The number of carbonyl (C=O) groups excluding carboxylic acids is 1. The van der Waals surface area contributed by atoms with Crippen molar-refractivity contribution in [3.05, 3.63) is 51.2 Å². The quantitative estimate of drug-likeness (QED) is 0.402. The monoisotopic (exact) mass is 452 g/mol. The number of halogens is 1. The van der Waals surface area contributed by atoms with Crippen molar-refractivity contribution in [1.29, 1.82) is 0 Å². The lowest BCUT2D eigenvalue weighted by molar-refractivity contribution is 0.103. The Bertz CT molecular complexity index is 1090. The third-order valence-electron chi connectivity index (χ3n) is 4.92. The second kappa shape index (κ2) is 9.35. The molecule has 2 aromatic rings. The van der Waals surface area contributed by atoms with Gasteiger partial charge in [0.05, 0.1) is 11.9 Å². The molecule has 0 unspecified atom stereocenters. The van der Waals surface area contributed by atoms with E-state index in [9.17, 15) is 13.2 Å². The van der Waals surface area contributed by atoms with Crippen LogP contribution in [0.5, 0.6) is 5.88 Å². The molecular formula is C22H29ClN2O4S.